The average molecular weight is 328 g/mol. The van der Waals surface area contributed by atoms with Crippen molar-refractivity contribution in [2.75, 3.05) is 5.33 Å². The third kappa shape index (κ3) is 3.33. The van der Waals surface area contributed by atoms with Crippen LogP contribution in [0.3, 0.4) is 0 Å². The van der Waals surface area contributed by atoms with Gasteiger partial charge in [0.15, 0.2) is 0 Å². The van der Waals surface area contributed by atoms with Crippen LogP contribution in [0.2, 0.25) is 5.02 Å². The van der Waals surface area contributed by atoms with Crippen molar-refractivity contribution in [3.8, 4) is 0 Å². The third-order valence-corrected chi connectivity index (χ3v) is 4.03. The fourth-order valence-corrected chi connectivity index (χ4v) is 2.87. The van der Waals surface area contributed by atoms with Gasteiger partial charge in [-0.15, -0.1) is 0 Å². The number of rotatable bonds is 4. The van der Waals surface area contributed by atoms with Crippen molar-refractivity contribution >= 4 is 27.5 Å². The summed E-state index contributed by atoms with van der Waals surface area (Å²) in [6, 6.07) is 14.5. The van der Waals surface area contributed by atoms with Gasteiger partial charge >= 0.3 is 0 Å². The van der Waals surface area contributed by atoms with Crippen molar-refractivity contribution in [3.05, 3.63) is 70.5 Å². The molecule has 0 radical (unpaired) electrons. The van der Waals surface area contributed by atoms with Gasteiger partial charge in [0.25, 0.3) is 0 Å². The minimum Gasteiger partial charge on any atom is -0.207 e. The van der Waals surface area contributed by atoms with Gasteiger partial charge in [-0.05, 0) is 41.7 Å². The topological polar surface area (TPSA) is 0 Å². The Hall–Kier alpha value is -0.860. The van der Waals surface area contributed by atoms with Gasteiger partial charge in [-0.25, -0.2) is 4.39 Å². The van der Waals surface area contributed by atoms with Gasteiger partial charge in [0.2, 0.25) is 0 Å². The molecule has 1 unspecified atom stereocenters. The van der Waals surface area contributed by atoms with E-state index in [0.29, 0.717) is 0 Å². The van der Waals surface area contributed by atoms with E-state index in [1.165, 1.54) is 6.07 Å². The predicted octanol–water partition coefficient (Wildman–Crippen LogP) is 5.20. The normalized spacial score (nSPS) is 12.4. The summed E-state index contributed by atoms with van der Waals surface area (Å²) in [6.07, 6.45) is 0.771. The fraction of sp³-hybridized carbons (Fsp3) is 0.200. The first-order chi connectivity index (χ1) is 8.70. The molecule has 0 amide bonds. The molecule has 2 aromatic carbocycles. The van der Waals surface area contributed by atoms with E-state index in [0.717, 1.165) is 27.9 Å². The highest BCUT2D eigenvalue weighted by Gasteiger charge is 2.14. The van der Waals surface area contributed by atoms with E-state index < -0.39 is 0 Å². The Labute approximate surface area is 120 Å². The van der Waals surface area contributed by atoms with E-state index in [1.54, 1.807) is 12.1 Å². The molecule has 0 saturated heterocycles. The van der Waals surface area contributed by atoms with Gasteiger partial charge in [0.05, 0.1) is 0 Å². The Morgan fingerprint density at radius 3 is 2.56 bits per heavy atom. The Morgan fingerprint density at radius 1 is 1.11 bits per heavy atom. The zero-order chi connectivity index (χ0) is 13.0. The zero-order valence-electron chi connectivity index (χ0n) is 9.74. The van der Waals surface area contributed by atoms with Crippen molar-refractivity contribution in [2.45, 2.75) is 12.3 Å². The van der Waals surface area contributed by atoms with E-state index in [4.69, 9.17) is 11.6 Å². The molecule has 0 bridgehead atoms. The second-order valence-electron chi connectivity index (χ2n) is 4.21. The van der Waals surface area contributed by atoms with Gasteiger partial charge in [-0.3, -0.25) is 0 Å². The first kappa shape index (κ1) is 13.6. The molecule has 2 aromatic rings. The maximum absolute atomic E-state index is 13.2. The molecule has 0 nitrogen and oxygen atoms in total. The highest BCUT2D eigenvalue weighted by atomic mass is 79.9. The molecule has 0 aliphatic rings. The number of halogens is 3. The van der Waals surface area contributed by atoms with Crippen LogP contribution < -0.4 is 0 Å². The molecule has 0 heterocycles. The summed E-state index contributed by atoms with van der Waals surface area (Å²) in [4.78, 5) is 0. The highest BCUT2D eigenvalue weighted by molar-refractivity contribution is 9.09. The second-order valence-corrected chi connectivity index (χ2v) is 5.26. The maximum Gasteiger partial charge on any atom is 0.123 e. The number of hydrogen-bond donors (Lipinski definition) is 0. The van der Waals surface area contributed by atoms with Crippen molar-refractivity contribution in [2.24, 2.45) is 0 Å². The number of alkyl halides is 1. The van der Waals surface area contributed by atoms with Crippen molar-refractivity contribution < 1.29 is 4.39 Å². The summed E-state index contributed by atoms with van der Waals surface area (Å²) in [5.74, 6) is 0.0560. The molecule has 0 N–H and O–H groups in total. The largest absolute Gasteiger partial charge is 0.207 e. The molecular weight excluding hydrogens is 315 g/mol. The quantitative estimate of drug-likeness (QED) is 0.677. The van der Waals surface area contributed by atoms with E-state index in [9.17, 15) is 4.39 Å². The summed E-state index contributed by atoms with van der Waals surface area (Å²) in [5, 5.41) is 1.56. The molecule has 0 aliphatic heterocycles. The molecule has 18 heavy (non-hydrogen) atoms. The number of benzene rings is 2. The average Bonchev–Trinajstić information content (AvgIpc) is 2.37. The van der Waals surface area contributed by atoms with Crippen LogP contribution in [0, 0.1) is 5.82 Å². The van der Waals surface area contributed by atoms with Crippen LogP contribution in [0.4, 0.5) is 4.39 Å². The standard InChI is InChI=1S/C15H13BrClF/c16-10-12(14-6-1-2-7-15(14)17)8-11-4-3-5-13(18)9-11/h1-7,9,12H,8,10H2. The van der Waals surface area contributed by atoms with E-state index in [2.05, 4.69) is 15.9 Å². The molecule has 0 saturated carbocycles. The van der Waals surface area contributed by atoms with Crippen molar-refractivity contribution in [1.82, 2.24) is 0 Å². The molecule has 94 valence electrons. The molecule has 0 fully saturated rings. The van der Waals surface area contributed by atoms with E-state index in [1.807, 2.05) is 30.3 Å². The van der Waals surface area contributed by atoms with Gasteiger partial charge in [0.1, 0.15) is 5.82 Å². The molecule has 0 aliphatic carbocycles. The smallest absolute Gasteiger partial charge is 0.123 e. The fourth-order valence-electron chi connectivity index (χ4n) is 2.00. The lowest BCUT2D eigenvalue weighted by Crippen LogP contribution is -2.05. The van der Waals surface area contributed by atoms with Crippen LogP contribution in [-0.4, -0.2) is 5.33 Å². The zero-order valence-corrected chi connectivity index (χ0v) is 12.1. The van der Waals surface area contributed by atoms with Gasteiger partial charge < -0.3 is 0 Å². The lowest BCUT2D eigenvalue weighted by molar-refractivity contribution is 0.623. The minimum absolute atomic E-state index is 0.194. The monoisotopic (exact) mass is 326 g/mol. The Morgan fingerprint density at radius 2 is 1.89 bits per heavy atom. The molecule has 0 aromatic heterocycles. The van der Waals surface area contributed by atoms with E-state index in [-0.39, 0.29) is 11.7 Å². The SMILES string of the molecule is Fc1cccc(CC(CBr)c2ccccc2Cl)c1. The summed E-state index contributed by atoms with van der Waals surface area (Å²) in [5.41, 5.74) is 2.08. The Balaban J connectivity index is 2.23. The van der Waals surface area contributed by atoms with Gasteiger partial charge in [-0.1, -0.05) is 57.9 Å². The van der Waals surface area contributed by atoms with Crippen LogP contribution in [0.5, 0.6) is 0 Å². The Kier molecular flexibility index (Phi) is 4.79. The molecule has 3 heteroatoms. The Bertz CT molecular complexity index is 527. The van der Waals surface area contributed by atoms with Crippen molar-refractivity contribution in [3.63, 3.8) is 0 Å². The predicted molar refractivity (Wildman–Crippen MR) is 78.1 cm³/mol. The van der Waals surface area contributed by atoms with Crippen molar-refractivity contribution in [1.29, 1.82) is 0 Å². The summed E-state index contributed by atoms with van der Waals surface area (Å²) < 4.78 is 13.2. The van der Waals surface area contributed by atoms with Crippen LogP contribution in [0.25, 0.3) is 0 Å². The summed E-state index contributed by atoms with van der Waals surface area (Å²) in [7, 11) is 0. The molecule has 1 atom stereocenters. The molecule has 2 rings (SSSR count). The first-order valence-electron chi connectivity index (χ1n) is 5.75. The van der Waals surface area contributed by atoms with Crippen LogP contribution in [-0.2, 0) is 6.42 Å². The lowest BCUT2D eigenvalue weighted by Gasteiger charge is -2.16. The van der Waals surface area contributed by atoms with Crippen LogP contribution in [0.1, 0.15) is 17.0 Å². The van der Waals surface area contributed by atoms with E-state index >= 15 is 0 Å². The highest BCUT2D eigenvalue weighted by Crippen LogP contribution is 2.29. The summed E-state index contributed by atoms with van der Waals surface area (Å²) in [6.45, 7) is 0. The van der Waals surface area contributed by atoms with Crippen LogP contribution in [0.15, 0.2) is 48.5 Å². The summed E-state index contributed by atoms with van der Waals surface area (Å²) >= 11 is 9.71. The van der Waals surface area contributed by atoms with Gasteiger partial charge in [-0.2, -0.15) is 0 Å². The maximum atomic E-state index is 13.2. The molecule has 0 spiro atoms. The third-order valence-electron chi connectivity index (χ3n) is 2.90. The van der Waals surface area contributed by atoms with Crippen LogP contribution >= 0.6 is 27.5 Å². The number of hydrogen-bond acceptors (Lipinski definition) is 0. The lowest BCUT2D eigenvalue weighted by atomic mass is 9.93. The molecular formula is C15H13BrClF. The first-order valence-corrected chi connectivity index (χ1v) is 7.25. The van der Waals surface area contributed by atoms with Gasteiger partial charge in [0, 0.05) is 10.4 Å². The second kappa shape index (κ2) is 6.35. The minimum atomic E-state index is -0.194.